The lowest BCUT2D eigenvalue weighted by Crippen LogP contribution is -2.49. The maximum Gasteiger partial charge on any atom is 0.225 e. The Morgan fingerprint density at radius 2 is 1.53 bits per heavy atom. The summed E-state index contributed by atoms with van der Waals surface area (Å²) in [4.78, 5) is 47.8. The first-order valence-electron chi connectivity index (χ1n) is 23.2. The molecule has 2 fully saturated rings. The van der Waals surface area contributed by atoms with Crippen molar-refractivity contribution in [3.8, 4) is 22.5 Å². The van der Waals surface area contributed by atoms with Crippen LogP contribution < -0.4 is 26.2 Å². The topological polar surface area (TPSA) is 194 Å². The molecule has 2 aliphatic heterocycles. The summed E-state index contributed by atoms with van der Waals surface area (Å²) in [6, 6.07) is 12.6. The van der Waals surface area contributed by atoms with Crippen molar-refractivity contribution in [2.45, 2.75) is 46.1 Å². The number of piperazine rings is 1. The number of imidazole rings is 1. The molecular weight excluding hydrogens is 911 g/mol. The highest BCUT2D eigenvalue weighted by Gasteiger charge is 2.31. The third-order valence-electron chi connectivity index (χ3n) is 11.7. The molecule has 2 aliphatic rings. The Hall–Kier alpha value is -5.54. The van der Waals surface area contributed by atoms with Crippen LogP contribution in [0.15, 0.2) is 54.9 Å². The van der Waals surface area contributed by atoms with E-state index in [0.29, 0.717) is 114 Å². The Morgan fingerprint density at radius 3 is 2.24 bits per heavy atom. The Kier molecular flexibility index (Phi) is 17.0. The zero-order valence-electron chi connectivity index (χ0n) is 38.9. The van der Waals surface area contributed by atoms with Crippen LogP contribution in [0.1, 0.15) is 35.5 Å². The van der Waals surface area contributed by atoms with Crippen molar-refractivity contribution >= 4 is 68.2 Å². The van der Waals surface area contributed by atoms with Crippen molar-refractivity contribution in [1.29, 1.82) is 0 Å². The van der Waals surface area contributed by atoms with E-state index < -0.39 is 0 Å². The molecule has 0 spiro atoms. The molecule has 17 nitrogen and oxygen atoms in total. The number of ether oxygens (including phenoxy) is 4. The number of anilines is 5. The molecule has 362 valence electrons. The largest absolute Gasteiger partial charge is 0.379 e. The van der Waals surface area contributed by atoms with Crippen LogP contribution >= 0.6 is 22.9 Å². The highest BCUT2D eigenvalue weighted by atomic mass is 35.5. The SMILES string of the molecule is Cc1cc(F)cc(-c2cnc(N3CCN(C(=O)CCOCCOCCOCCOCCNc4cc(Nc5ncc(C)s5)nc(C)n4)CC3)c(-c3nc4cc(Cl)ccc4[nH]3)c2N2CCC(N)CC2)c1. The van der Waals surface area contributed by atoms with Gasteiger partial charge in [0, 0.05) is 85.8 Å². The third-order valence-corrected chi connectivity index (χ3v) is 12.7. The van der Waals surface area contributed by atoms with E-state index in [1.54, 1.807) is 17.4 Å². The van der Waals surface area contributed by atoms with Gasteiger partial charge in [-0.15, -0.1) is 11.3 Å². The number of hydrogen-bond acceptors (Lipinski definition) is 16. The molecule has 0 unspecified atom stereocenters. The standard InChI is InChI=1S/C48H60ClFN12O5S/c1-31-24-34(26-36(50)25-31)38-30-53-47(44(45(38)61-10-6-37(51)7-11-61)46-57-39-5-4-35(49)27-40(39)58-46)62-14-12-60(13-15-62)43(63)8-16-64-18-20-66-22-23-67-21-19-65-17-9-52-41-28-42(56-33(3)55-41)59-48-54-29-32(2)68-48/h4-5,24-30,37H,6-23,51H2,1-3H3,(H,57,58)(H2,52,54,55,56,59). The van der Waals surface area contributed by atoms with Gasteiger partial charge in [-0.2, -0.15) is 0 Å². The maximum absolute atomic E-state index is 15.0. The zero-order chi connectivity index (χ0) is 47.4. The molecule has 4 aromatic heterocycles. The average Bonchev–Trinajstić information content (AvgIpc) is 3.94. The summed E-state index contributed by atoms with van der Waals surface area (Å²) in [7, 11) is 0. The number of piperidine rings is 1. The number of amides is 1. The number of aryl methyl sites for hydroxylation is 3. The van der Waals surface area contributed by atoms with Crippen molar-refractivity contribution in [3.63, 3.8) is 0 Å². The molecule has 68 heavy (non-hydrogen) atoms. The van der Waals surface area contributed by atoms with Gasteiger partial charge in [0.25, 0.3) is 0 Å². The number of benzene rings is 2. The predicted molar refractivity (Wildman–Crippen MR) is 266 cm³/mol. The lowest BCUT2D eigenvalue weighted by Gasteiger charge is -2.39. The van der Waals surface area contributed by atoms with Crippen molar-refractivity contribution in [3.05, 3.63) is 82.0 Å². The minimum atomic E-state index is -0.308. The molecule has 5 N–H and O–H groups in total. The molecule has 2 aromatic carbocycles. The van der Waals surface area contributed by atoms with E-state index in [0.717, 1.165) is 80.7 Å². The molecule has 0 saturated carbocycles. The minimum absolute atomic E-state index is 0.0368. The Bertz CT molecular complexity index is 2600. The number of nitrogens with zero attached hydrogens (tertiary/aromatic N) is 8. The minimum Gasteiger partial charge on any atom is -0.379 e. The fraction of sp³-hybridized carbons (Fsp3) is 0.458. The van der Waals surface area contributed by atoms with Crippen molar-refractivity contribution < 1.29 is 28.1 Å². The molecule has 6 aromatic rings. The van der Waals surface area contributed by atoms with Gasteiger partial charge in [-0.05, 0) is 75.1 Å². The summed E-state index contributed by atoms with van der Waals surface area (Å²) in [6.45, 7) is 13.3. The van der Waals surface area contributed by atoms with Crippen LogP contribution in [0.5, 0.6) is 0 Å². The first-order valence-corrected chi connectivity index (χ1v) is 24.3. The molecular formula is C48H60ClFN12O5S. The number of aromatic nitrogens is 6. The molecule has 0 aliphatic carbocycles. The lowest BCUT2D eigenvalue weighted by molar-refractivity contribution is -0.132. The van der Waals surface area contributed by atoms with Crippen molar-refractivity contribution in [1.82, 2.24) is 34.8 Å². The summed E-state index contributed by atoms with van der Waals surface area (Å²) < 4.78 is 37.7. The Morgan fingerprint density at radius 1 is 0.824 bits per heavy atom. The van der Waals surface area contributed by atoms with Crippen LogP contribution in [-0.4, -0.2) is 145 Å². The molecule has 2 saturated heterocycles. The number of halogens is 2. The zero-order valence-corrected chi connectivity index (χ0v) is 40.4. The monoisotopic (exact) mass is 970 g/mol. The number of carbonyl (C=O) groups is 1. The molecule has 6 heterocycles. The van der Waals surface area contributed by atoms with Crippen LogP contribution in [0.3, 0.4) is 0 Å². The quantitative estimate of drug-likeness (QED) is 0.0501. The lowest BCUT2D eigenvalue weighted by atomic mass is 9.96. The number of aromatic amines is 1. The van der Waals surface area contributed by atoms with E-state index in [9.17, 15) is 9.18 Å². The predicted octanol–water partition coefficient (Wildman–Crippen LogP) is 7.14. The van der Waals surface area contributed by atoms with Gasteiger partial charge in [-0.1, -0.05) is 17.7 Å². The number of H-pyrrole nitrogens is 1. The summed E-state index contributed by atoms with van der Waals surface area (Å²) >= 11 is 7.97. The molecule has 20 heteroatoms. The normalized spacial score (nSPS) is 14.6. The highest BCUT2D eigenvalue weighted by molar-refractivity contribution is 7.15. The second kappa shape index (κ2) is 23.7. The van der Waals surface area contributed by atoms with Crippen LogP contribution in [0.25, 0.3) is 33.5 Å². The van der Waals surface area contributed by atoms with Crippen LogP contribution in [0.2, 0.25) is 5.02 Å². The number of thiazole rings is 1. The van der Waals surface area contributed by atoms with Crippen LogP contribution in [0, 0.1) is 26.6 Å². The maximum atomic E-state index is 15.0. The number of fused-ring (bicyclic) bond motifs is 1. The van der Waals surface area contributed by atoms with E-state index in [-0.39, 0.29) is 24.2 Å². The number of carbonyl (C=O) groups excluding carboxylic acids is 1. The summed E-state index contributed by atoms with van der Waals surface area (Å²) in [5, 5.41) is 7.87. The van der Waals surface area contributed by atoms with Crippen molar-refractivity contribution in [2.75, 3.05) is 119 Å². The van der Waals surface area contributed by atoms with Gasteiger partial charge in [0.05, 0.1) is 81.6 Å². The van der Waals surface area contributed by atoms with Crippen molar-refractivity contribution in [2.24, 2.45) is 5.73 Å². The molecule has 0 atom stereocenters. The average molecular weight is 972 g/mol. The van der Waals surface area contributed by atoms with Crippen LogP contribution in [-0.2, 0) is 23.7 Å². The fourth-order valence-corrected chi connectivity index (χ4v) is 9.18. The summed E-state index contributed by atoms with van der Waals surface area (Å²) in [5.74, 6) is 3.16. The number of pyridine rings is 1. The van der Waals surface area contributed by atoms with E-state index in [1.807, 2.05) is 68.4 Å². The first kappa shape index (κ1) is 48.9. The third kappa shape index (κ3) is 13.2. The second-order valence-electron chi connectivity index (χ2n) is 16.9. The first-order chi connectivity index (χ1) is 33.1. The van der Waals surface area contributed by atoms with E-state index in [4.69, 9.17) is 46.3 Å². The number of rotatable bonds is 22. The van der Waals surface area contributed by atoms with E-state index >= 15 is 0 Å². The molecule has 0 radical (unpaired) electrons. The number of hydrogen-bond donors (Lipinski definition) is 4. The second-order valence-corrected chi connectivity index (χ2v) is 18.6. The van der Waals surface area contributed by atoms with Gasteiger partial charge < -0.3 is 55.0 Å². The number of nitrogens with two attached hydrogens (primary N) is 1. The van der Waals surface area contributed by atoms with Gasteiger partial charge in [0.1, 0.15) is 34.9 Å². The van der Waals surface area contributed by atoms with Gasteiger partial charge in [-0.25, -0.2) is 29.3 Å². The Labute approximate surface area is 404 Å². The summed E-state index contributed by atoms with van der Waals surface area (Å²) in [6.07, 6.45) is 5.58. The smallest absolute Gasteiger partial charge is 0.225 e. The molecule has 1 amide bonds. The summed E-state index contributed by atoms with van der Waals surface area (Å²) in [5.41, 5.74) is 12.1. The van der Waals surface area contributed by atoms with Gasteiger partial charge in [0.15, 0.2) is 5.13 Å². The van der Waals surface area contributed by atoms with E-state index in [2.05, 4.69) is 40.4 Å². The van der Waals surface area contributed by atoms with Gasteiger partial charge in [0.2, 0.25) is 5.91 Å². The van der Waals surface area contributed by atoms with Gasteiger partial charge in [-0.3, -0.25) is 4.79 Å². The van der Waals surface area contributed by atoms with E-state index in [1.165, 1.54) is 6.07 Å². The van der Waals surface area contributed by atoms with Gasteiger partial charge >= 0.3 is 0 Å². The highest BCUT2D eigenvalue weighted by Crippen LogP contribution is 2.45. The molecule has 8 rings (SSSR count). The van der Waals surface area contributed by atoms with Crippen LogP contribution in [0.4, 0.5) is 32.7 Å². The fourth-order valence-electron chi connectivity index (χ4n) is 8.34. The number of nitrogens with one attached hydrogen (secondary N) is 3. The molecule has 0 bridgehead atoms. The Balaban J connectivity index is 0.760.